The molecule has 1 heterocycles. The highest BCUT2D eigenvalue weighted by atomic mass is 32.2. The molecule has 0 aromatic heterocycles. The van der Waals surface area contributed by atoms with Crippen molar-refractivity contribution < 1.29 is 9.59 Å². The average molecular weight is 364 g/mol. The Bertz CT molecular complexity index is 594. The molecular weight excluding hydrogens is 334 g/mol. The maximum Gasteiger partial charge on any atom is 0.251 e. The first-order chi connectivity index (χ1) is 12.0. The van der Waals surface area contributed by atoms with Crippen LogP contribution in [0.2, 0.25) is 0 Å². The van der Waals surface area contributed by atoms with Gasteiger partial charge in [0.15, 0.2) is 0 Å². The number of hydrogen-bond donors (Lipinski definition) is 2. The second-order valence-electron chi connectivity index (χ2n) is 6.67. The maximum absolute atomic E-state index is 12.9. The number of aryl methyl sites for hydroxylation is 1. The Hall–Kier alpha value is -1.53. The van der Waals surface area contributed by atoms with Crippen LogP contribution in [-0.2, 0) is 4.79 Å². The van der Waals surface area contributed by atoms with Gasteiger partial charge in [-0.2, -0.15) is 11.8 Å². The molecule has 0 spiro atoms. The van der Waals surface area contributed by atoms with Gasteiger partial charge in [-0.05, 0) is 63.4 Å². The molecule has 2 N–H and O–H groups in total. The van der Waals surface area contributed by atoms with Crippen molar-refractivity contribution in [3.63, 3.8) is 0 Å². The van der Waals surface area contributed by atoms with E-state index in [0.29, 0.717) is 17.9 Å². The third-order valence-corrected chi connectivity index (χ3v) is 5.23. The van der Waals surface area contributed by atoms with Gasteiger partial charge in [0.25, 0.3) is 5.91 Å². The Labute approximate surface area is 154 Å². The first-order valence-electron chi connectivity index (χ1n) is 8.85. The lowest BCUT2D eigenvalue weighted by atomic mass is 10.1. The predicted molar refractivity (Wildman–Crippen MR) is 104 cm³/mol. The number of likely N-dealkylation sites (tertiary alicyclic amines) is 1. The number of carbonyl (C=O) groups is 2. The van der Waals surface area contributed by atoms with E-state index in [-0.39, 0.29) is 11.8 Å². The standard InChI is InChI=1S/C19H29N3O2S/c1-14-5-4-6-16(11-14)18(23)21-17(8-10-25-3)19(24)22-9-7-15(13-22)12-20-2/h4-6,11,15,17,20H,7-10,12-13H2,1-3H3,(H,21,23). The van der Waals surface area contributed by atoms with Crippen LogP contribution in [0, 0.1) is 12.8 Å². The van der Waals surface area contributed by atoms with Gasteiger partial charge in [-0.1, -0.05) is 17.7 Å². The van der Waals surface area contributed by atoms with Crippen molar-refractivity contribution in [3.05, 3.63) is 35.4 Å². The minimum Gasteiger partial charge on any atom is -0.341 e. The summed E-state index contributed by atoms with van der Waals surface area (Å²) < 4.78 is 0. The molecule has 1 aliphatic rings. The fraction of sp³-hybridized carbons (Fsp3) is 0.579. The van der Waals surface area contributed by atoms with E-state index in [0.717, 1.165) is 37.4 Å². The van der Waals surface area contributed by atoms with Gasteiger partial charge >= 0.3 is 0 Å². The Morgan fingerprint density at radius 2 is 2.20 bits per heavy atom. The summed E-state index contributed by atoms with van der Waals surface area (Å²) in [4.78, 5) is 27.4. The fourth-order valence-corrected chi connectivity index (χ4v) is 3.70. The zero-order chi connectivity index (χ0) is 18.2. The van der Waals surface area contributed by atoms with Crippen LogP contribution in [0.15, 0.2) is 24.3 Å². The van der Waals surface area contributed by atoms with Crippen LogP contribution < -0.4 is 10.6 Å². The monoisotopic (exact) mass is 363 g/mol. The summed E-state index contributed by atoms with van der Waals surface area (Å²) in [5.41, 5.74) is 1.64. The van der Waals surface area contributed by atoms with Crippen molar-refractivity contribution in [3.8, 4) is 0 Å². The quantitative estimate of drug-likeness (QED) is 0.741. The van der Waals surface area contributed by atoms with Crippen molar-refractivity contribution in [1.82, 2.24) is 15.5 Å². The van der Waals surface area contributed by atoms with Gasteiger partial charge in [0.2, 0.25) is 5.91 Å². The summed E-state index contributed by atoms with van der Waals surface area (Å²) in [6.07, 6.45) is 3.70. The number of rotatable bonds is 8. The Morgan fingerprint density at radius 3 is 2.88 bits per heavy atom. The molecule has 5 nitrogen and oxygen atoms in total. The Balaban J connectivity index is 2.02. The number of thioether (sulfide) groups is 1. The van der Waals surface area contributed by atoms with Crippen molar-refractivity contribution in [2.24, 2.45) is 5.92 Å². The molecule has 1 saturated heterocycles. The van der Waals surface area contributed by atoms with E-state index in [1.54, 1.807) is 17.8 Å². The number of nitrogens with one attached hydrogen (secondary N) is 2. The molecule has 0 radical (unpaired) electrons. The molecule has 1 fully saturated rings. The number of carbonyl (C=O) groups excluding carboxylic acids is 2. The van der Waals surface area contributed by atoms with E-state index in [4.69, 9.17) is 0 Å². The molecule has 0 bridgehead atoms. The van der Waals surface area contributed by atoms with E-state index in [1.807, 2.05) is 43.3 Å². The van der Waals surface area contributed by atoms with Crippen molar-refractivity contribution in [2.45, 2.75) is 25.8 Å². The average Bonchev–Trinajstić information content (AvgIpc) is 3.06. The predicted octanol–water partition coefficient (Wildman–Crippen LogP) is 1.91. The molecular formula is C19H29N3O2S. The molecule has 2 unspecified atom stereocenters. The molecule has 2 rings (SSSR count). The summed E-state index contributed by atoms with van der Waals surface area (Å²) in [6.45, 7) is 4.44. The van der Waals surface area contributed by atoms with Gasteiger partial charge < -0.3 is 15.5 Å². The second kappa shape index (κ2) is 9.82. The maximum atomic E-state index is 12.9. The third kappa shape index (κ3) is 5.75. The number of benzene rings is 1. The zero-order valence-corrected chi connectivity index (χ0v) is 16.2. The van der Waals surface area contributed by atoms with Crippen LogP contribution in [-0.4, -0.2) is 61.4 Å². The summed E-state index contributed by atoms with van der Waals surface area (Å²) in [7, 11) is 1.94. The Kier molecular flexibility index (Phi) is 7.78. The lowest BCUT2D eigenvalue weighted by Crippen LogP contribution is -2.48. The topological polar surface area (TPSA) is 61.4 Å². The number of hydrogen-bond acceptors (Lipinski definition) is 4. The van der Waals surface area contributed by atoms with Gasteiger partial charge in [-0.3, -0.25) is 9.59 Å². The highest BCUT2D eigenvalue weighted by Crippen LogP contribution is 2.18. The van der Waals surface area contributed by atoms with Gasteiger partial charge in [0, 0.05) is 18.7 Å². The van der Waals surface area contributed by atoms with Crippen molar-refractivity contribution in [2.75, 3.05) is 38.7 Å². The van der Waals surface area contributed by atoms with Gasteiger partial charge in [0.05, 0.1) is 0 Å². The van der Waals surface area contributed by atoms with E-state index in [1.165, 1.54) is 0 Å². The highest BCUT2D eigenvalue weighted by molar-refractivity contribution is 7.98. The minimum atomic E-state index is -0.450. The SMILES string of the molecule is CNCC1CCN(C(=O)C(CCSC)NC(=O)c2cccc(C)c2)C1. The van der Waals surface area contributed by atoms with E-state index < -0.39 is 6.04 Å². The number of nitrogens with zero attached hydrogens (tertiary/aromatic N) is 1. The summed E-state index contributed by atoms with van der Waals surface area (Å²) in [5, 5.41) is 6.14. The van der Waals surface area contributed by atoms with Crippen LogP contribution >= 0.6 is 11.8 Å². The van der Waals surface area contributed by atoms with Crippen LogP contribution in [0.25, 0.3) is 0 Å². The normalized spacial score (nSPS) is 18.2. The smallest absolute Gasteiger partial charge is 0.251 e. The molecule has 138 valence electrons. The molecule has 25 heavy (non-hydrogen) atoms. The van der Waals surface area contributed by atoms with Gasteiger partial charge in [-0.15, -0.1) is 0 Å². The molecule has 6 heteroatoms. The van der Waals surface area contributed by atoms with E-state index in [2.05, 4.69) is 10.6 Å². The molecule has 1 aromatic carbocycles. The molecule has 0 aliphatic carbocycles. The summed E-state index contributed by atoms with van der Waals surface area (Å²) in [5.74, 6) is 1.23. The fourth-order valence-electron chi connectivity index (χ4n) is 3.23. The molecule has 0 saturated carbocycles. The Morgan fingerprint density at radius 1 is 1.40 bits per heavy atom. The third-order valence-electron chi connectivity index (χ3n) is 4.58. The summed E-state index contributed by atoms with van der Waals surface area (Å²) in [6, 6.07) is 7.01. The summed E-state index contributed by atoms with van der Waals surface area (Å²) >= 11 is 1.69. The molecule has 1 aliphatic heterocycles. The van der Waals surface area contributed by atoms with Crippen molar-refractivity contribution in [1.29, 1.82) is 0 Å². The molecule has 2 atom stereocenters. The van der Waals surface area contributed by atoms with Crippen molar-refractivity contribution >= 4 is 23.6 Å². The van der Waals surface area contributed by atoms with Gasteiger partial charge in [-0.25, -0.2) is 0 Å². The van der Waals surface area contributed by atoms with Crippen LogP contribution in [0.1, 0.15) is 28.8 Å². The van der Waals surface area contributed by atoms with E-state index >= 15 is 0 Å². The van der Waals surface area contributed by atoms with Crippen LogP contribution in [0.4, 0.5) is 0 Å². The lowest BCUT2D eigenvalue weighted by Gasteiger charge is -2.24. The first kappa shape index (κ1) is 19.8. The number of amides is 2. The lowest BCUT2D eigenvalue weighted by molar-refractivity contribution is -0.132. The largest absolute Gasteiger partial charge is 0.341 e. The molecule has 1 aromatic rings. The highest BCUT2D eigenvalue weighted by Gasteiger charge is 2.31. The van der Waals surface area contributed by atoms with Gasteiger partial charge in [0.1, 0.15) is 6.04 Å². The second-order valence-corrected chi connectivity index (χ2v) is 7.66. The van der Waals surface area contributed by atoms with E-state index in [9.17, 15) is 9.59 Å². The first-order valence-corrected chi connectivity index (χ1v) is 10.2. The molecule has 2 amide bonds. The van der Waals surface area contributed by atoms with Crippen LogP contribution in [0.5, 0.6) is 0 Å². The minimum absolute atomic E-state index is 0.0497. The zero-order valence-electron chi connectivity index (χ0n) is 15.4. The van der Waals surface area contributed by atoms with Crippen LogP contribution in [0.3, 0.4) is 0 Å².